The minimum absolute atomic E-state index is 0.167. The normalized spacial score (nSPS) is 24.4. The number of carbonyl (C=O) groups is 1. The summed E-state index contributed by atoms with van der Waals surface area (Å²) < 4.78 is 5.68. The van der Waals surface area contributed by atoms with Crippen LogP contribution in [0.2, 0.25) is 0 Å². The SMILES string of the molecule is C=C(c1ccccc1)C12CCC(OC(N)=O)C1CC(CCCCCC)=C2c1ccccc1. The molecule has 0 saturated heterocycles. The number of ether oxygens (including phenoxy) is 1. The molecule has 2 N–H and O–H groups in total. The Balaban J connectivity index is 1.81. The summed E-state index contributed by atoms with van der Waals surface area (Å²) in [5, 5.41) is 0. The number of hydrogen-bond donors (Lipinski definition) is 1. The van der Waals surface area contributed by atoms with Gasteiger partial charge in [0.1, 0.15) is 6.10 Å². The summed E-state index contributed by atoms with van der Waals surface area (Å²) >= 11 is 0. The van der Waals surface area contributed by atoms with Gasteiger partial charge in [-0.3, -0.25) is 0 Å². The lowest BCUT2D eigenvalue weighted by atomic mass is 9.66. The first-order valence-electron chi connectivity index (χ1n) is 12.1. The average molecular weight is 430 g/mol. The molecule has 2 aliphatic carbocycles. The highest BCUT2D eigenvalue weighted by atomic mass is 16.6. The predicted molar refractivity (Wildman–Crippen MR) is 132 cm³/mol. The molecule has 2 aromatic carbocycles. The fourth-order valence-corrected chi connectivity index (χ4v) is 6.14. The summed E-state index contributed by atoms with van der Waals surface area (Å²) in [6.45, 7) is 6.92. The number of carbonyl (C=O) groups excluding carboxylic acids is 1. The van der Waals surface area contributed by atoms with Crippen molar-refractivity contribution in [3.8, 4) is 0 Å². The van der Waals surface area contributed by atoms with Crippen LogP contribution in [-0.4, -0.2) is 12.2 Å². The van der Waals surface area contributed by atoms with Crippen molar-refractivity contribution < 1.29 is 9.53 Å². The molecule has 1 amide bonds. The molecule has 1 fully saturated rings. The Bertz CT molecular complexity index is 979. The molecule has 3 nitrogen and oxygen atoms in total. The van der Waals surface area contributed by atoms with Gasteiger partial charge in [0.05, 0.1) is 0 Å². The van der Waals surface area contributed by atoms with Crippen LogP contribution < -0.4 is 5.73 Å². The molecule has 3 unspecified atom stereocenters. The van der Waals surface area contributed by atoms with E-state index in [2.05, 4.69) is 68.1 Å². The van der Waals surface area contributed by atoms with E-state index in [1.165, 1.54) is 42.4 Å². The topological polar surface area (TPSA) is 52.3 Å². The Hall–Kier alpha value is -2.81. The molecular weight excluding hydrogens is 394 g/mol. The second kappa shape index (κ2) is 9.77. The molecule has 3 atom stereocenters. The molecule has 168 valence electrons. The minimum atomic E-state index is -0.672. The minimum Gasteiger partial charge on any atom is -0.446 e. The van der Waals surface area contributed by atoms with Gasteiger partial charge in [0.2, 0.25) is 0 Å². The number of benzene rings is 2. The van der Waals surface area contributed by atoms with Crippen molar-refractivity contribution in [1.82, 2.24) is 0 Å². The number of unbranched alkanes of at least 4 members (excludes halogenated alkanes) is 3. The van der Waals surface area contributed by atoms with Gasteiger partial charge in [-0.2, -0.15) is 0 Å². The van der Waals surface area contributed by atoms with Gasteiger partial charge in [0.15, 0.2) is 0 Å². The van der Waals surface area contributed by atoms with E-state index in [9.17, 15) is 4.79 Å². The van der Waals surface area contributed by atoms with Crippen molar-refractivity contribution in [2.75, 3.05) is 0 Å². The average Bonchev–Trinajstić information content (AvgIpc) is 3.32. The Morgan fingerprint density at radius 2 is 1.75 bits per heavy atom. The maximum atomic E-state index is 11.7. The molecule has 32 heavy (non-hydrogen) atoms. The molecule has 0 spiro atoms. The van der Waals surface area contributed by atoms with Crippen molar-refractivity contribution in [3.05, 3.63) is 83.9 Å². The molecule has 3 heteroatoms. The summed E-state index contributed by atoms with van der Waals surface area (Å²) in [6.07, 6.45) is 7.89. The van der Waals surface area contributed by atoms with Gasteiger partial charge in [0, 0.05) is 11.3 Å². The van der Waals surface area contributed by atoms with Crippen molar-refractivity contribution >= 4 is 17.2 Å². The van der Waals surface area contributed by atoms with Crippen LogP contribution in [0.3, 0.4) is 0 Å². The van der Waals surface area contributed by atoms with Crippen LogP contribution >= 0.6 is 0 Å². The van der Waals surface area contributed by atoms with Crippen LogP contribution in [0.1, 0.15) is 69.4 Å². The smallest absolute Gasteiger partial charge is 0.404 e. The van der Waals surface area contributed by atoms with E-state index < -0.39 is 6.09 Å². The summed E-state index contributed by atoms with van der Waals surface area (Å²) in [4.78, 5) is 11.7. The highest BCUT2D eigenvalue weighted by molar-refractivity contribution is 5.90. The third kappa shape index (κ3) is 4.13. The fourth-order valence-electron chi connectivity index (χ4n) is 6.14. The highest BCUT2D eigenvalue weighted by Gasteiger charge is 2.58. The molecule has 0 aromatic heterocycles. The van der Waals surface area contributed by atoms with Gasteiger partial charge >= 0.3 is 6.09 Å². The highest BCUT2D eigenvalue weighted by Crippen LogP contribution is 2.66. The van der Waals surface area contributed by atoms with E-state index in [4.69, 9.17) is 10.5 Å². The van der Waals surface area contributed by atoms with Crippen molar-refractivity contribution in [3.63, 3.8) is 0 Å². The van der Waals surface area contributed by atoms with Crippen molar-refractivity contribution in [2.24, 2.45) is 17.1 Å². The quantitative estimate of drug-likeness (QED) is 0.423. The third-order valence-corrected chi connectivity index (χ3v) is 7.49. The first-order valence-corrected chi connectivity index (χ1v) is 12.1. The van der Waals surface area contributed by atoms with Gasteiger partial charge in [-0.1, -0.05) is 99.0 Å². The zero-order valence-electron chi connectivity index (χ0n) is 19.2. The van der Waals surface area contributed by atoms with E-state index >= 15 is 0 Å². The van der Waals surface area contributed by atoms with Gasteiger partial charge < -0.3 is 10.5 Å². The zero-order chi connectivity index (χ0) is 22.6. The van der Waals surface area contributed by atoms with Crippen LogP contribution in [0.15, 0.2) is 72.8 Å². The first kappa shape index (κ1) is 22.4. The second-order valence-electron chi connectivity index (χ2n) is 9.30. The lowest BCUT2D eigenvalue weighted by Gasteiger charge is -2.37. The molecule has 4 rings (SSSR count). The standard InChI is InChI=1S/C29H35NO2/c1-3-4-5-8-17-24-20-25-26(32-28(30)31)18-19-29(25,21(2)22-13-9-6-10-14-22)27(24)23-15-11-7-12-16-23/h6-7,9-16,25-26H,2-5,8,17-20H2,1H3,(H2,30,31). The fraction of sp³-hybridized carbons (Fsp3) is 0.414. The number of nitrogens with two attached hydrogens (primary N) is 1. The van der Waals surface area contributed by atoms with Gasteiger partial charge in [-0.15, -0.1) is 0 Å². The number of hydrogen-bond acceptors (Lipinski definition) is 2. The maximum absolute atomic E-state index is 11.7. The van der Waals surface area contributed by atoms with Crippen LogP contribution in [-0.2, 0) is 4.74 Å². The molecule has 0 heterocycles. The lowest BCUT2D eigenvalue weighted by molar-refractivity contribution is 0.0763. The van der Waals surface area contributed by atoms with Crippen molar-refractivity contribution in [1.29, 1.82) is 0 Å². The van der Waals surface area contributed by atoms with E-state index in [0.29, 0.717) is 0 Å². The third-order valence-electron chi connectivity index (χ3n) is 7.49. The summed E-state index contributed by atoms with van der Waals surface area (Å²) in [5.41, 5.74) is 11.8. The van der Waals surface area contributed by atoms with Crippen LogP contribution in [0.25, 0.3) is 11.1 Å². The molecule has 0 aliphatic heterocycles. The van der Waals surface area contributed by atoms with Gasteiger partial charge in [0.25, 0.3) is 0 Å². The molecule has 0 bridgehead atoms. The van der Waals surface area contributed by atoms with Crippen LogP contribution in [0, 0.1) is 11.3 Å². The van der Waals surface area contributed by atoms with Crippen molar-refractivity contribution in [2.45, 2.75) is 64.4 Å². The zero-order valence-corrected chi connectivity index (χ0v) is 19.2. The van der Waals surface area contributed by atoms with E-state index in [1.807, 2.05) is 6.07 Å². The Morgan fingerprint density at radius 1 is 1.06 bits per heavy atom. The van der Waals surface area contributed by atoms with Crippen LogP contribution in [0.4, 0.5) is 4.79 Å². The van der Waals surface area contributed by atoms with Gasteiger partial charge in [-0.25, -0.2) is 4.79 Å². The second-order valence-corrected chi connectivity index (χ2v) is 9.30. The Kier molecular flexibility index (Phi) is 6.83. The number of allylic oxidation sites excluding steroid dienone is 3. The monoisotopic (exact) mass is 429 g/mol. The maximum Gasteiger partial charge on any atom is 0.404 e. The first-order chi connectivity index (χ1) is 15.6. The largest absolute Gasteiger partial charge is 0.446 e. The number of fused-ring (bicyclic) bond motifs is 1. The summed E-state index contributed by atoms with van der Waals surface area (Å²) in [6, 6.07) is 21.3. The molecule has 0 radical (unpaired) electrons. The number of primary amides is 1. The number of rotatable bonds is 9. The lowest BCUT2D eigenvalue weighted by Crippen LogP contribution is -2.32. The van der Waals surface area contributed by atoms with Crippen LogP contribution in [0.5, 0.6) is 0 Å². The van der Waals surface area contributed by atoms with E-state index in [1.54, 1.807) is 0 Å². The van der Waals surface area contributed by atoms with E-state index in [-0.39, 0.29) is 17.4 Å². The molecule has 2 aromatic rings. The summed E-state index contributed by atoms with van der Waals surface area (Å²) in [5.74, 6) is 0.180. The van der Waals surface area contributed by atoms with E-state index in [0.717, 1.165) is 36.8 Å². The Labute approximate surface area is 192 Å². The summed E-state index contributed by atoms with van der Waals surface area (Å²) in [7, 11) is 0. The molecule has 1 saturated carbocycles. The number of amides is 1. The Morgan fingerprint density at radius 3 is 2.41 bits per heavy atom. The molecule has 2 aliphatic rings. The molecular formula is C29H35NO2. The predicted octanol–water partition coefficient (Wildman–Crippen LogP) is 7.39. The van der Waals surface area contributed by atoms with Gasteiger partial charge in [-0.05, 0) is 54.4 Å².